The lowest BCUT2D eigenvalue weighted by Crippen LogP contribution is -2.39. The first-order chi connectivity index (χ1) is 9.47. The van der Waals surface area contributed by atoms with Gasteiger partial charge in [0.05, 0.1) is 6.54 Å². The highest BCUT2D eigenvalue weighted by Gasteiger charge is 2.16. The van der Waals surface area contributed by atoms with Gasteiger partial charge in [-0.2, -0.15) is 0 Å². The Kier molecular flexibility index (Phi) is 6.07. The minimum atomic E-state index is -1.11. The molecule has 1 aromatic rings. The molecule has 0 atom stereocenters. The molecule has 0 saturated heterocycles. The molecule has 0 heterocycles. The van der Waals surface area contributed by atoms with Gasteiger partial charge in [0, 0.05) is 10.2 Å². The van der Waals surface area contributed by atoms with Crippen molar-refractivity contribution in [1.29, 1.82) is 0 Å². The molecule has 0 aliphatic carbocycles. The summed E-state index contributed by atoms with van der Waals surface area (Å²) in [6.07, 6.45) is 5.88. The Morgan fingerprint density at radius 2 is 2.20 bits per heavy atom. The maximum absolute atomic E-state index is 12.0. The van der Waals surface area contributed by atoms with Crippen LogP contribution in [0.25, 0.3) is 0 Å². The third kappa shape index (κ3) is 4.59. The number of carboxylic acids is 1. The summed E-state index contributed by atoms with van der Waals surface area (Å²) in [4.78, 5) is 23.8. The molecule has 106 valence electrons. The fraction of sp³-hybridized carbons (Fsp3) is 0.286. The molecule has 20 heavy (non-hydrogen) atoms. The molecule has 0 radical (unpaired) electrons. The molecule has 2 N–H and O–H groups in total. The van der Waals surface area contributed by atoms with Crippen molar-refractivity contribution in [3.8, 4) is 12.3 Å². The standard InChI is InChI=1S/C14H15BrN2O3/c1-3-7-17(9-13(18)19)14(20)16-12-6-5-11(15)8-10(12)4-2/h1,5-6,8H,4,7,9H2,2H3,(H,16,20)(H,18,19). The highest BCUT2D eigenvalue weighted by Crippen LogP contribution is 2.21. The third-order valence-electron chi connectivity index (χ3n) is 2.59. The first kappa shape index (κ1) is 16.1. The summed E-state index contributed by atoms with van der Waals surface area (Å²) in [5.41, 5.74) is 1.59. The minimum absolute atomic E-state index is 0.0594. The number of amides is 2. The van der Waals surface area contributed by atoms with Crippen LogP contribution in [0.1, 0.15) is 12.5 Å². The largest absolute Gasteiger partial charge is 0.480 e. The molecular weight excluding hydrogens is 324 g/mol. The predicted octanol–water partition coefficient (Wildman–Crippen LogP) is 2.56. The molecule has 0 aromatic heterocycles. The molecule has 2 amide bonds. The Hall–Kier alpha value is -2.00. The Balaban J connectivity index is 2.87. The van der Waals surface area contributed by atoms with Gasteiger partial charge in [-0.1, -0.05) is 28.8 Å². The van der Waals surface area contributed by atoms with E-state index < -0.39 is 18.5 Å². The van der Waals surface area contributed by atoms with Gasteiger partial charge in [-0.05, 0) is 30.2 Å². The van der Waals surface area contributed by atoms with Gasteiger partial charge in [-0.15, -0.1) is 6.42 Å². The normalized spacial score (nSPS) is 9.65. The van der Waals surface area contributed by atoms with E-state index in [1.54, 1.807) is 12.1 Å². The van der Waals surface area contributed by atoms with Crippen molar-refractivity contribution in [2.75, 3.05) is 18.4 Å². The van der Waals surface area contributed by atoms with Crippen LogP contribution in [0, 0.1) is 12.3 Å². The number of urea groups is 1. The zero-order chi connectivity index (χ0) is 15.1. The van der Waals surface area contributed by atoms with Gasteiger partial charge in [-0.25, -0.2) is 4.79 Å². The van der Waals surface area contributed by atoms with Crippen LogP contribution >= 0.6 is 15.9 Å². The molecule has 0 fully saturated rings. The van der Waals surface area contributed by atoms with Crippen molar-refractivity contribution >= 4 is 33.6 Å². The van der Waals surface area contributed by atoms with Crippen LogP contribution in [0.5, 0.6) is 0 Å². The molecule has 0 saturated carbocycles. The van der Waals surface area contributed by atoms with Crippen LogP contribution in [-0.4, -0.2) is 35.1 Å². The summed E-state index contributed by atoms with van der Waals surface area (Å²) >= 11 is 3.36. The lowest BCUT2D eigenvalue weighted by atomic mass is 10.1. The average Bonchev–Trinajstić information content (AvgIpc) is 2.39. The fourth-order valence-electron chi connectivity index (χ4n) is 1.64. The number of terminal acetylenes is 1. The summed E-state index contributed by atoms with van der Waals surface area (Å²) in [7, 11) is 0. The number of carbonyl (C=O) groups excluding carboxylic acids is 1. The number of benzene rings is 1. The van der Waals surface area contributed by atoms with E-state index >= 15 is 0 Å². The number of rotatable bonds is 5. The first-order valence-electron chi connectivity index (χ1n) is 5.97. The van der Waals surface area contributed by atoms with E-state index in [1.165, 1.54) is 0 Å². The molecule has 0 spiro atoms. The molecule has 0 unspecified atom stereocenters. The monoisotopic (exact) mass is 338 g/mol. The quantitative estimate of drug-likeness (QED) is 0.810. The SMILES string of the molecule is C#CCN(CC(=O)O)C(=O)Nc1ccc(Br)cc1CC. The zero-order valence-corrected chi connectivity index (χ0v) is 12.6. The van der Waals surface area contributed by atoms with E-state index in [0.717, 1.165) is 21.4 Å². The van der Waals surface area contributed by atoms with E-state index in [2.05, 4.69) is 27.2 Å². The summed E-state index contributed by atoms with van der Waals surface area (Å²) in [6.45, 7) is 1.47. The Morgan fingerprint density at radius 1 is 1.50 bits per heavy atom. The van der Waals surface area contributed by atoms with Crippen molar-refractivity contribution in [1.82, 2.24) is 4.90 Å². The number of hydrogen-bond donors (Lipinski definition) is 2. The summed E-state index contributed by atoms with van der Waals surface area (Å²) in [5, 5.41) is 11.5. The van der Waals surface area contributed by atoms with Crippen molar-refractivity contribution in [3.05, 3.63) is 28.2 Å². The second-order valence-corrected chi connectivity index (χ2v) is 4.95. The molecule has 0 aliphatic heterocycles. The topological polar surface area (TPSA) is 69.6 Å². The van der Waals surface area contributed by atoms with Crippen molar-refractivity contribution < 1.29 is 14.7 Å². The number of hydrogen-bond acceptors (Lipinski definition) is 2. The Morgan fingerprint density at radius 3 is 2.75 bits per heavy atom. The van der Waals surface area contributed by atoms with Gasteiger partial charge in [0.25, 0.3) is 0 Å². The van der Waals surface area contributed by atoms with E-state index in [1.807, 2.05) is 13.0 Å². The minimum Gasteiger partial charge on any atom is -0.480 e. The van der Waals surface area contributed by atoms with Crippen molar-refractivity contribution in [2.24, 2.45) is 0 Å². The van der Waals surface area contributed by atoms with E-state index in [0.29, 0.717) is 5.69 Å². The number of carboxylic acid groups (broad SMARTS) is 1. The smallest absolute Gasteiger partial charge is 0.323 e. The van der Waals surface area contributed by atoms with Crippen molar-refractivity contribution in [3.63, 3.8) is 0 Å². The van der Waals surface area contributed by atoms with E-state index in [-0.39, 0.29) is 6.54 Å². The maximum Gasteiger partial charge on any atom is 0.323 e. The van der Waals surface area contributed by atoms with Crippen LogP contribution in [0.4, 0.5) is 10.5 Å². The second kappa shape index (κ2) is 7.56. The van der Waals surface area contributed by atoms with Gasteiger partial charge < -0.3 is 15.3 Å². The number of nitrogens with one attached hydrogen (secondary N) is 1. The highest BCUT2D eigenvalue weighted by molar-refractivity contribution is 9.10. The summed E-state index contributed by atoms with van der Waals surface area (Å²) in [5.74, 6) is 1.16. The van der Waals surface area contributed by atoms with Crippen LogP contribution in [0.15, 0.2) is 22.7 Å². The van der Waals surface area contributed by atoms with Crippen LogP contribution in [0.3, 0.4) is 0 Å². The average molecular weight is 339 g/mol. The van der Waals surface area contributed by atoms with Gasteiger partial charge in [-0.3, -0.25) is 4.79 Å². The predicted molar refractivity (Wildman–Crippen MR) is 80.6 cm³/mol. The van der Waals surface area contributed by atoms with Gasteiger partial charge in [0.2, 0.25) is 0 Å². The molecule has 6 heteroatoms. The lowest BCUT2D eigenvalue weighted by molar-refractivity contribution is -0.137. The van der Waals surface area contributed by atoms with Crippen LogP contribution in [-0.2, 0) is 11.2 Å². The summed E-state index contributed by atoms with van der Waals surface area (Å²) in [6, 6.07) is 4.94. The highest BCUT2D eigenvalue weighted by atomic mass is 79.9. The number of nitrogens with zero attached hydrogens (tertiary/aromatic N) is 1. The van der Waals surface area contributed by atoms with E-state index in [4.69, 9.17) is 11.5 Å². The van der Waals surface area contributed by atoms with Gasteiger partial charge >= 0.3 is 12.0 Å². The first-order valence-corrected chi connectivity index (χ1v) is 6.76. The molecule has 1 aromatic carbocycles. The number of carbonyl (C=O) groups is 2. The zero-order valence-electron chi connectivity index (χ0n) is 11.0. The van der Waals surface area contributed by atoms with Gasteiger partial charge in [0.1, 0.15) is 6.54 Å². The fourth-order valence-corrected chi connectivity index (χ4v) is 2.05. The molecule has 1 rings (SSSR count). The maximum atomic E-state index is 12.0. The molecule has 5 nitrogen and oxygen atoms in total. The number of aryl methyl sites for hydroxylation is 1. The molecule has 0 bridgehead atoms. The molecule has 0 aliphatic rings. The molecular formula is C14H15BrN2O3. The van der Waals surface area contributed by atoms with Gasteiger partial charge in [0.15, 0.2) is 0 Å². The lowest BCUT2D eigenvalue weighted by Gasteiger charge is -2.19. The van der Waals surface area contributed by atoms with Crippen molar-refractivity contribution in [2.45, 2.75) is 13.3 Å². The Labute approximate surface area is 126 Å². The Bertz CT molecular complexity index is 552. The number of aliphatic carboxylic acids is 1. The summed E-state index contributed by atoms with van der Waals surface area (Å²) < 4.78 is 0.915. The van der Waals surface area contributed by atoms with Crippen LogP contribution in [0.2, 0.25) is 0 Å². The third-order valence-corrected chi connectivity index (χ3v) is 3.08. The number of anilines is 1. The second-order valence-electron chi connectivity index (χ2n) is 4.04. The van der Waals surface area contributed by atoms with E-state index in [9.17, 15) is 9.59 Å². The number of halogens is 1. The van der Waals surface area contributed by atoms with Crippen LogP contribution < -0.4 is 5.32 Å².